The molecule has 76 valence electrons. The molecule has 0 amide bonds. The molecule has 14 heavy (non-hydrogen) atoms. The molecule has 3 nitrogen and oxygen atoms in total. The summed E-state index contributed by atoms with van der Waals surface area (Å²) in [4.78, 5) is 0. The van der Waals surface area contributed by atoms with E-state index in [1.165, 1.54) is 5.56 Å². The Labute approximate surface area is 84.4 Å². The first-order chi connectivity index (χ1) is 6.68. The highest BCUT2D eigenvalue weighted by Gasteiger charge is 2.31. The van der Waals surface area contributed by atoms with Crippen molar-refractivity contribution >= 4 is 10.0 Å². The number of hydrogen-bond acceptors (Lipinski definition) is 2. The quantitative estimate of drug-likeness (QED) is 0.744. The zero-order valence-corrected chi connectivity index (χ0v) is 8.70. The minimum absolute atomic E-state index is 0.321. The highest BCUT2D eigenvalue weighted by atomic mass is 32.2. The largest absolute Gasteiger partial charge is 0.215 e. The van der Waals surface area contributed by atoms with Crippen LogP contribution in [0, 0.1) is 0 Å². The average molecular weight is 211 g/mol. The third kappa shape index (κ3) is 1.96. The Morgan fingerprint density at radius 1 is 1.21 bits per heavy atom. The van der Waals surface area contributed by atoms with Gasteiger partial charge in [0.1, 0.15) is 0 Å². The van der Waals surface area contributed by atoms with Crippen molar-refractivity contribution < 1.29 is 8.42 Å². The zero-order chi connectivity index (χ0) is 10.0. The Hall–Kier alpha value is -0.870. The molecule has 0 aromatic heterocycles. The average Bonchev–Trinajstić information content (AvgIpc) is 2.18. The van der Waals surface area contributed by atoms with Gasteiger partial charge < -0.3 is 0 Å². The van der Waals surface area contributed by atoms with Gasteiger partial charge in [0.05, 0.1) is 5.75 Å². The minimum Gasteiger partial charge on any atom is -0.212 e. The number of rotatable bonds is 3. The molecule has 0 bridgehead atoms. The fraction of sp³-hybridized carbons (Fsp3) is 0.400. The van der Waals surface area contributed by atoms with Gasteiger partial charge in [-0.25, -0.2) is 12.7 Å². The first kappa shape index (κ1) is 9.68. The van der Waals surface area contributed by atoms with Crippen molar-refractivity contribution in [3.8, 4) is 0 Å². The molecular weight excluding hydrogens is 198 g/mol. The van der Waals surface area contributed by atoms with Gasteiger partial charge in [-0.1, -0.05) is 30.3 Å². The molecule has 0 aliphatic carbocycles. The summed E-state index contributed by atoms with van der Waals surface area (Å²) in [6.07, 6.45) is 0.806. The van der Waals surface area contributed by atoms with Crippen LogP contribution in [0.15, 0.2) is 30.3 Å². The highest BCUT2D eigenvalue weighted by Crippen LogP contribution is 2.13. The van der Waals surface area contributed by atoms with E-state index in [1.807, 2.05) is 30.3 Å². The number of benzene rings is 1. The fourth-order valence-electron chi connectivity index (χ4n) is 1.52. The van der Waals surface area contributed by atoms with E-state index in [9.17, 15) is 8.42 Å². The Kier molecular flexibility index (Phi) is 2.56. The first-order valence-corrected chi connectivity index (χ1v) is 6.31. The van der Waals surface area contributed by atoms with Crippen LogP contribution in [0.5, 0.6) is 0 Å². The Balaban J connectivity index is 1.90. The summed E-state index contributed by atoms with van der Waals surface area (Å²) in [6, 6.07) is 9.95. The van der Waals surface area contributed by atoms with E-state index in [4.69, 9.17) is 0 Å². The predicted molar refractivity (Wildman–Crippen MR) is 55.5 cm³/mol. The van der Waals surface area contributed by atoms with Gasteiger partial charge in [-0.3, -0.25) is 0 Å². The third-order valence-corrected chi connectivity index (χ3v) is 4.34. The second-order valence-corrected chi connectivity index (χ2v) is 5.54. The predicted octanol–water partition coefficient (Wildman–Crippen LogP) is 0.874. The van der Waals surface area contributed by atoms with Crippen molar-refractivity contribution in [3.05, 3.63) is 35.9 Å². The molecule has 1 aromatic carbocycles. The number of sulfonamides is 1. The molecule has 1 aliphatic heterocycles. The molecule has 0 unspecified atom stereocenters. The van der Waals surface area contributed by atoms with E-state index in [0.717, 1.165) is 6.42 Å². The van der Waals surface area contributed by atoms with Gasteiger partial charge in [-0.15, -0.1) is 0 Å². The zero-order valence-electron chi connectivity index (χ0n) is 7.89. The van der Waals surface area contributed by atoms with E-state index in [0.29, 0.717) is 18.8 Å². The summed E-state index contributed by atoms with van der Waals surface area (Å²) >= 11 is 0. The van der Waals surface area contributed by atoms with Crippen molar-refractivity contribution in [2.75, 3.05) is 18.8 Å². The van der Waals surface area contributed by atoms with E-state index in [1.54, 1.807) is 4.31 Å². The highest BCUT2D eigenvalue weighted by molar-refractivity contribution is 7.90. The Bertz CT molecular complexity index is 399. The molecule has 0 spiro atoms. The SMILES string of the molecule is O=S1(=O)CCN1CCc1ccccc1. The fourth-order valence-corrected chi connectivity index (χ4v) is 2.63. The maximum absolute atomic E-state index is 11.2. The summed E-state index contributed by atoms with van der Waals surface area (Å²) in [6.45, 7) is 1.31. The molecule has 1 fully saturated rings. The summed E-state index contributed by atoms with van der Waals surface area (Å²) in [5, 5.41) is 0. The van der Waals surface area contributed by atoms with Gasteiger partial charge in [0.25, 0.3) is 0 Å². The summed E-state index contributed by atoms with van der Waals surface area (Å²) in [7, 11) is -2.86. The number of nitrogens with zero attached hydrogens (tertiary/aromatic N) is 1. The van der Waals surface area contributed by atoms with E-state index in [2.05, 4.69) is 0 Å². The normalized spacial score (nSPS) is 20.3. The van der Waals surface area contributed by atoms with E-state index in [-0.39, 0.29) is 0 Å². The molecule has 1 heterocycles. The molecule has 0 atom stereocenters. The van der Waals surface area contributed by atoms with Crippen molar-refractivity contribution in [3.63, 3.8) is 0 Å². The summed E-state index contributed by atoms with van der Waals surface area (Å²) in [5.41, 5.74) is 1.19. The van der Waals surface area contributed by atoms with Crippen LogP contribution in [-0.2, 0) is 16.4 Å². The van der Waals surface area contributed by atoms with Crippen LogP contribution in [-0.4, -0.2) is 31.6 Å². The van der Waals surface area contributed by atoms with Crippen molar-refractivity contribution in [2.45, 2.75) is 6.42 Å². The molecule has 0 radical (unpaired) electrons. The molecular formula is C10H13NO2S. The van der Waals surface area contributed by atoms with E-state index < -0.39 is 10.0 Å². The van der Waals surface area contributed by atoms with Crippen LogP contribution in [0.2, 0.25) is 0 Å². The lowest BCUT2D eigenvalue weighted by Crippen LogP contribution is -2.48. The molecule has 4 heteroatoms. The maximum atomic E-state index is 11.2. The molecule has 1 aliphatic rings. The second-order valence-electron chi connectivity index (χ2n) is 3.45. The van der Waals surface area contributed by atoms with Gasteiger partial charge in [-0.2, -0.15) is 0 Å². The van der Waals surface area contributed by atoms with Crippen LogP contribution in [0.3, 0.4) is 0 Å². The minimum atomic E-state index is -2.86. The number of hydrogen-bond donors (Lipinski definition) is 0. The van der Waals surface area contributed by atoms with Crippen LogP contribution in [0.1, 0.15) is 5.56 Å². The standard InChI is InChI=1S/C10H13NO2S/c12-14(13)9-8-11(14)7-6-10-4-2-1-3-5-10/h1-5H,6-9H2. The molecule has 1 aromatic rings. The van der Waals surface area contributed by atoms with Crippen molar-refractivity contribution in [1.29, 1.82) is 0 Å². The van der Waals surface area contributed by atoms with Crippen LogP contribution >= 0.6 is 0 Å². The molecule has 1 saturated heterocycles. The van der Waals surface area contributed by atoms with Crippen LogP contribution < -0.4 is 0 Å². The Morgan fingerprint density at radius 3 is 2.43 bits per heavy atom. The smallest absolute Gasteiger partial charge is 0.212 e. The molecule has 2 rings (SSSR count). The van der Waals surface area contributed by atoms with Crippen LogP contribution in [0.25, 0.3) is 0 Å². The summed E-state index contributed by atoms with van der Waals surface area (Å²) in [5.74, 6) is 0.321. The third-order valence-electron chi connectivity index (χ3n) is 2.48. The van der Waals surface area contributed by atoms with Gasteiger partial charge in [0.2, 0.25) is 10.0 Å². The van der Waals surface area contributed by atoms with Crippen molar-refractivity contribution in [2.24, 2.45) is 0 Å². The lowest BCUT2D eigenvalue weighted by molar-refractivity contribution is 0.387. The lowest BCUT2D eigenvalue weighted by atomic mass is 10.1. The Morgan fingerprint density at radius 2 is 1.93 bits per heavy atom. The van der Waals surface area contributed by atoms with Crippen LogP contribution in [0.4, 0.5) is 0 Å². The monoisotopic (exact) mass is 211 g/mol. The van der Waals surface area contributed by atoms with Gasteiger partial charge in [0, 0.05) is 13.1 Å². The van der Waals surface area contributed by atoms with Gasteiger partial charge in [-0.05, 0) is 12.0 Å². The van der Waals surface area contributed by atoms with Crippen molar-refractivity contribution in [1.82, 2.24) is 4.31 Å². The molecule has 0 N–H and O–H groups in total. The van der Waals surface area contributed by atoms with Gasteiger partial charge in [0.15, 0.2) is 0 Å². The summed E-state index contributed by atoms with van der Waals surface area (Å²) < 4.78 is 23.9. The van der Waals surface area contributed by atoms with Gasteiger partial charge >= 0.3 is 0 Å². The maximum Gasteiger partial charge on any atom is 0.215 e. The molecule has 0 saturated carbocycles. The lowest BCUT2D eigenvalue weighted by Gasteiger charge is -2.30. The first-order valence-electron chi connectivity index (χ1n) is 4.70. The topological polar surface area (TPSA) is 37.4 Å². The van der Waals surface area contributed by atoms with E-state index >= 15 is 0 Å². The second kappa shape index (κ2) is 3.71.